The van der Waals surface area contributed by atoms with E-state index in [0.717, 1.165) is 0 Å². The third kappa shape index (κ3) is 9.15. The molecule has 1 rings (SSSR count). The molecule has 5 unspecified atom stereocenters. The van der Waals surface area contributed by atoms with Crippen molar-refractivity contribution in [3.05, 3.63) is 18.2 Å². The molecule has 14 heteroatoms. The predicted molar refractivity (Wildman–Crippen MR) is 117 cm³/mol. The van der Waals surface area contributed by atoms with Gasteiger partial charge in [0.25, 0.3) is 0 Å². The molecule has 3 amide bonds. The SMILES string of the molecule is CC(C)C(N)C(=O)NC(Cc1cnc[nH]1)C(=O)NC(C(=O)NC(CCC(=O)O)C(=O)O)C(C)O. The predicted octanol–water partition coefficient (Wildman–Crippen LogP) is -2.28. The second-order valence-corrected chi connectivity index (χ2v) is 8.17. The van der Waals surface area contributed by atoms with Crippen LogP contribution in [0.4, 0.5) is 0 Å². The van der Waals surface area contributed by atoms with Crippen molar-refractivity contribution in [1.29, 1.82) is 0 Å². The Morgan fingerprint density at radius 2 is 1.62 bits per heavy atom. The van der Waals surface area contributed by atoms with Crippen LogP contribution in [0, 0.1) is 5.92 Å². The van der Waals surface area contributed by atoms with E-state index in [4.69, 9.17) is 10.8 Å². The number of aromatic nitrogens is 2. The van der Waals surface area contributed by atoms with E-state index in [1.165, 1.54) is 19.4 Å². The number of H-pyrrole nitrogens is 1. The summed E-state index contributed by atoms with van der Waals surface area (Å²) in [5.74, 6) is -5.42. The lowest BCUT2D eigenvalue weighted by molar-refractivity contribution is -0.144. The van der Waals surface area contributed by atoms with E-state index < -0.39 is 72.8 Å². The number of nitrogens with zero attached hydrogens (tertiary/aromatic N) is 1. The summed E-state index contributed by atoms with van der Waals surface area (Å²) in [6, 6.07) is -5.24. The normalized spacial score (nSPS) is 15.5. The zero-order valence-corrected chi connectivity index (χ0v) is 19.1. The molecule has 0 aromatic carbocycles. The Morgan fingerprint density at radius 1 is 1.00 bits per heavy atom. The summed E-state index contributed by atoms with van der Waals surface area (Å²) in [6.07, 6.45) is 0.417. The molecule has 0 aliphatic rings. The molecule has 9 N–H and O–H groups in total. The molecule has 0 radical (unpaired) electrons. The van der Waals surface area contributed by atoms with Gasteiger partial charge in [0.2, 0.25) is 17.7 Å². The van der Waals surface area contributed by atoms with E-state index in [9.17, 15) is 34.2 Å². The molecule has 0 saturated carbocycles. The number of aromatic amines is 1. The molecule has 0 bridgehead atoms. The van der Waals surface area contributed by atoms with Gasteiger partial charge in [-0.2, -0.15) is 0 Å². The highest BCUT2D eigenvalue weighted by Gasteiger charge is 2.33. The van der Waals surface area contributed by atoms with Crippen molar-refractivity contribution in [2.24, 2.45) is 11.7 Å². The maximum Gasteiger partial charge on any atom is 0.326 e. The van der Waals surface area contributed by atoms with Crippen molar-refractivity contribution in [3.63, 3.8) is 0 Å². The van der Waals surface area contributed by atoms with Gasteiger partial charge < -0.3 is 42.0 Å². The van der Waals surface area contributed by atoms with E-state index in [-0.39, 0.29) is 12.3 Å². The summed E-state index contributed by atoms with van der Waals surface area (Å²) in [7, 11) is 0. The third-order valence-electron chi connectivity index (χ3n) is 4.96. The molecule has 190 valence electrons. The zero-order valence-electron chi connectivity index (χ0n) is 19.1. The van der Waals surface area contributed by atoms with Crippen molar-refractivity contribution in [3.8, 4) is 0 Å². The van der Waals surface area contributed by atoms with Crippen LogP contribution in [0.15, 0.2) is 12.5 Å². The number of aliphatic hydroxyl groups excluding tert-OH is 1. The third-order valence-corrected chi connectivity index (χ3v) is 4.96. The molecule has 1 heterocycles. The van der Waals surface area contributed by atoms with E-state index in [2.05, 4.69) is 25.9 Å². The lowest BCUT2D eigenvalue weighted by Crippen LogP contribution is -2.60. The maximum atomic E-state index is 13.0. The monoisotopic (exact) mass is 484 g/mol. The highest BCUT2D eigenvalue weighted by Crippen LogP contribution is 2.05. The second kappa shape index (κ2) is 13.3. The van der Waals surface area contributed by atoms with Crippen LogP contribution in [-0.2, 0) is 30.4 Å². The van der Waals surface area contributed by atoms with Crippen molar-refractivity contribution >= 4 is 29.7 Å². The van der Waals surface area contributed by atoms with E-state index >= 15 is 0 Å². The van der Waals surface area contributed by atoms with Crippen LogP contribution in [0.5, 0.6) is 0 Å². The number of hydrogen-bond acceptors (Lipinski definition) is 8. The summed E-state index contributed by atoms with van der Waals surface area (Å²) in [5, 5.41) is 35.0. The second-order valence-electron chi connectivity index (χ2n) is 8.17. The number of carbonyl (C=O) groups is 5. The number of carboxylic acids is 2. The van der Waals surface area contributed by atoms with Gasteiger partial charge in [-0.1, -0.05) is 13.8 Å². The first kappa shape index (κ1) is 28.5. The first-order chi connectivity index (χ1) is 15.8. The maximum absolute atomic E-state index is 13.0. The highest BCUT2D eigenvalue weighted by atomic mass is 16.4. The molecular weight excluding hydrogens is 452 g/mol. The molecule has 1 aromatic heterocycles. The minimum Gasteiger partial charge on any atom is -0.481 e. The van der Waals surface area contributed by atoms with Gasteiger partial charge in [-0.15, -0.1) is 0 Å². The summed E-state index contributed by atoms with van der Waals surface area (Å²) >= 11 is 0. The van der Waals surface area contributed by atoms with Gasteiger partial charge >= 0.3 is 11.9 Å². The highest BCUT2D eigenvalue weighted by molar-refractivity contribution is 5.94. The van der Waals surface area contributed by atoms with E-state index in [1.807, 2.05) is 0 Å². The van der Waals surface area contributed by atoms with E-state index in [1.54, 1.807) is 13.8 Å². The molecule has 0 aliphatic carbocycles. The van der Waals surface area contributed by atoms with Crippen LogP contribution < -0.4 is 21.7 Å². The molecular formula is C20H32N6O8. The van der Waals surface area contributed by atoms with Gasteiger partial charge in [0.1, 0.15) is 18.1 Å². The molecule has 0 spiro atoms. The van der Waals surface area contributed by atoms with Crippen LogP contribution in [-0.4, -0.2) is 85.2 Å². The van der Waals surface area contributed by atoms with Crippen molar-refractivity contribution in [1.82, 2.24) is 25.9 Å². The molecule has 1 aromatic rings. The summed E-state index contributed by atoms with van der Waals surface area (Å²) in [6.45, 7) is 4.66. The van der Waals surface area contributed by atoms with Gasteiger partial charge in [0.15, 0.2) is 0 Å². The summed E-state index contributed by atoms with van der Waals surface area (Å²) in [4.78, 5) is 66.8. The Bertz CT molecular complexity index is 857. The fourth-order valence-electron chi connectivity index (χ4n) is 2.84. The smallest absolute Gasteiger partial charge is 0.326 e. The Labute approximate surface area is 195 Å². The molecule has 0 saturated heterocycles. The van der Waals surface area contributed by atoms with Crippen molar-refractivity contribution in [2.45, 2.75) is 70.3 Å². The average Bonchev–Trinajstić information content (AvgIpc) is 3.25. The summed E-state index contributed by atoms with van der Waals surface area (Å²) < 4.78 is 0. The number of nitrogens with one attached hydrogen (secondary N) is 4. The number of carboxylic acid groups (broad SMARTS) is 2. The van der Waals surface area contributed by atoms with E-state index in [0.29, 0.717) is 5.69 Å². The molecule has 14 nitrogen and oxygen atoms in total. The van der Waals surface area contributed by atoms with Gasteiger partial charge in [-0.25, -0.2) is 9.78 Å². The van der Waals surface area contributed by atoms with Crippen molar-refractivity contribution in [2.75, 3.05) is 0 Å². The topological polar surface area (TPSA) is 237 Å². The Balaban J connectivity index is 3.01. The number of hydrogen-bond donors (Lipinski definition) is 8. The molecule has 34 heavy (non-hydrogen) atoms. The quantitative estimate of drug-likeness (QED) is 0.141. The van der Waals surface area contributed by atoms with Gasteiger partial charge in [-0.3, -0.25) is 19.2 Å². The van der Waals surface area contributed by atoms with Gasteiger partial charge in [-0.05, 0) is 19.3 Å². The number of imidazole rings is 1. The zero-order chi connectivity index (χ0) is 26.0. The molecule has 5 atom stereocenters. The Kier molecular flexibility index (Phi) is 11.1. The first-order valence-electron chi connectivity index (χ1n) is 10.6. The van der Waals surface area contributed by atoms with Crippen LogP contribution in [0.25, 0.3) is 0 Å². The fraction of sp³-hybridized carbons (Fsp3) is 0.600. The fourth-order valence-corrected chi connectivity index (χ4v) is 2.84. The van der Waals surface area contributed by atoms with Crippen LogP contribution >= 0.6 is 0 Å². The number of rotatable bonds is 14. The largest absolute Gasteiger partial charge is 0.481 e. The number of aliphatic hydroxyl groups is 1. The average molecular weight is 485 g/mol. The number of carbonyl (C=O) groups excluding carboxylic acids is 3. The summed E-state index contributed by atoms with van der Waals surface area (Å²) in [5.41, 5.74) is 6.34. The standard InChI is InChI=1S/C20H32N6O8/c1-9(2)15(21)18(31)25-13(6-11-7-22-8-23-11)17(30)26-16(10(3)27)19(32)24-12(20(33)34)4-5-14(28)29/h7-10,12-13,15-16,27H,4-6,21H2,1-3H3,(H,22,23)(H,24,32)(H,25,31)(H,26,30)(H,28,29)(H,33,34). The lowest BCUT2D eigenvalue weighted by Gasteiger charge is -2.26. The van der Waals surface area contributed by atoms with Crippen molar-refractivity contribution < 1.29 is 39.3 Å². The lowest BCUT2D eigenvalue weighted by atomic mass is 10.0. The van der Waals surface area contributed by atoms with Crippen LogP contribution in [0.1, 0.15) is 39.3 Å². The van der Waals surface area contributed by atoms with Gasteiger partial charge in [0.05, 0.1) is 18.5 Å². The Hall–Kier alpha value is -3.52. The number of aliphatic carboxylic acids is 2. The minimum atomic E-state index is -1.58. The number of amides is 3. The minimum absolute atomic E-state index is 0.0348. The van der Waals surface area contributed by atoms with Crippen LogP contribution in [0.3, 0.4) is 0 Å². The van der Waals surface area contributed by atoms with Crippen LogP contribution in [0.2, 0.25) is 0 Å². The first-order valence-corrected chi connectivity index (χ1v) is 10.6. The Morgan fingerprint density at radius 3 is 2.09 bits per heavy atom. The number of nitrogens with two attached hydrogens (primary N) is 1. The molecule has 0 aliphatic heterocycles. The molecule has 0 fully saturated rings. The van der Waals surface area contributed by atoms with Gasteiger partial charge in [0, 0.05) is 24.7 Å².